The zero-order valence-corrected chi connectivity index (χ0v) is 16.7. The van der Waals surface area contributed by atoms with Crippen LogP contribution in [-0.2, 0) is 6.42 Å². The smallest absolute Gasteiger partial charge is 0.172 e. The SMILES string of the molecule is CCCCCCCCCCCCCCCc1ccc[n+](C(C)C)c1. The molecule has 0 amide bonds. The van der Waals surface area contributed by atoms with Crippen molar-refractivity contribution in [3.05, 3.63) is 30.1 Å². The molecule has 1 aromatic rings. The number of unbranched alkanes of at least 4 members (excludes halogenated alkanes) is 12. The monoisotopic (exact) mass is 332 g/mol. The van der Waals surface area contributed by atoms with Crippen molar-refractivity contribution in [1.82, 2.24) is 0 Å². The summed E-state index contributed by atoms with van der Waals surface area (Å²) in [4.78, 5) is 0. The molecule has 1 heteroatoms. The zero-order chi connectivity index (χ0) is 17.5. The van der Waals surface area contributed by atoms with E-state index in [1.807, 2.05) is 0 Å². The lowest BCUT2D eigenvalue weighted by molar-refractivity contribution is -0.716. The van der Waals surface area contributed by atoms with E-state index >= 15 is 0 Å². The van der Waals surface area contributed by atoms with Gasteiger partial charge >= 0.3 is 0 Å². The number of rotatable bonds is 15. The Morgan fingerprint density at radius 2 is 1.25 bits per heavy atom. The van der Waals surface area contributed by atoms with Crippen molar-refractivity contribution >= 4 is 0 Å². The van der Waals surface area contributed by atoms with Gasteiger partial charge in [-0.15, -0.1) is 0 Å². The third kappa shape index (κ3) is 10.8. The predicted molar refractivity (Wildman–Crippen MR) is 106 cm³/mol. The maximum absolute atomic E-state index is 2.32. The molecule has 0 aromatic carbocycles. The molecule has 0 spiro atoms. The third-order valence-corrected chi connectivity index (χ3v) is 5.05. The van der Waals surface area contributed by atoms with Crippen LogP contribution in [0.5, 0.6) is 0 Å². The minimum absolute atomic E-state index is 0.566. The Bertz CT molecular complexity index is 397. The fourth-order valence-corrected chi connectivity index (χ4v) is 3.36. The van der Waals surface area contributed by atoms with Crippen LogP contribution >= 0.6 is 0 Å². The van der Waals surface area contributed by atoms with E-state index in [4.69, 9.17) is 0 Å². The normalized spacial score (nSPS) is 11.3. The molecule has 0 atom stereocenters. The summed E-state index contributed by atoms with van der Waals surface area (Å²) in [7, 11) is 0. The van der Waals surface area contributed by atoms with E-state index in [2.05, 4.69) is 49.9 Å². The number of pyridine rings is 1. The number of nitrogens with zero attached hydrogens (tertiary/aromatic N) is 1. The number of aromatic nitrogens is 1. The molecule has 1 rings (SSSR count). The van der Waals surface area contributed by atoms with Crippen LogP contribution in [0.2, 0.25) is 0 Å². The molecule has 0 aliphatic heterocycles. The Morgan fingerprint density at radius 3 is 1.75 bits per heavy atom. The highest BCUT2D eigenvalue weighted by Gasteiger charge is 2.06. The van der Waals surface area contributed by atoms with Gasteiger partial charge in [0.25, 0.3) is 0 Å². The van der Waals surface area contributed by atoms with E-state index in [1.165, 1.54) is 95.5 Å². The fourth-order valence-electron chi connectivity index (χ4n) is 3.36. The zero-order valence-electron chi connectivity index (χ0n) is 16.7. The summed E-state index contributed by atoms with van der Waals surface area (Å²) in [6.45, 7) is 6.78. The van der Waals surface area contributed by atoms with Gasteiger partial charge in [0.15, 0.2) is 18.4 Å². The van der Waals surface area contributed by atoms with Crippen LogP contribution in [-0.4, -0.2) is 0 Å². The Balaban J connectivity index is 1.89. The Morgan fingerprint density at radius 1 is 0.750 bits per heavy atom. The highest BCUT2D eigenvalue weighted by atomic mass is 15.0. The first-order chi connectivity index (χ1) is 11.7. The topological polar surface area (TPSA) is 3.88 Å². The molecule has 0 fully saturated rings. The molecular formula is C23H42N+. The van der Waals surface area contributed by atoms with Gasteiger partial charge in [-0.1, -0.05) is 84.0 Å². The Labute approximate surface area is 151 Å². The van der Waals surface area contributed by atoms with E-state index in [0.717, 1.165) is 0 Å². The van der Waals surface area contributed by atoms with E-state index in [1.54, 1.807) is 0 Å². The fraction of sp³-hybridized carbons (Fsp3) is 0.783. The molecule has 0 saturated carbocycles. The first-order valence-corrected chi connectivity index (χ1v) is 10.7. The molecule has 1 aromatic heterocycles. The summed E-state index contributed by atoms with van der Waals surface area (Å²) in [5.41, 5.74) is 1.49. The highest BCUT2D eigenvalue weighted by Crippen LogP contribution is 2.13. The van der Waals surface area contributed by atoms with Crippen molar-refractivity contribution in [3.8, 4) is 0 Å². The lowest BCUT2D eigenvalue weighted by atomic mass is 10.0. The summed E-state index contributed by atoms with van der Waals surface area (Å²) in [6.07, 6.45) is 24.4. The molecule has 1 heterocycles. The first-order valence-electron chi connectivity index (χ1n) is 10.7. The van der Waals surface area contributed by atoms with E-state index < -0.39 is 0 Å². The first kappa shape index (κ1) is 21.2. The number of aryl methyl sites for hydroxylation is 1. The van der Waals surface area contributed by atoms with Crippen LogP contribution in [0, 0.1) is 0 Å². The van der Waals surface area contributed by atoms with Crippen LogP contribution in [0.4, 0.5) is 0 Å². The van der Waals surface area contributed by atoms with Crippen LogP contribution in [0.1, 0.15) is 116 Å². The lowest BCUT2D eigenvalue weighted by Crippen LogP contribution is -2.35. The summed E-state index contributed by atoms with van der Waals surface area (Å²) < 4.78 is 2.32. The average molecular weight is 333 g/mol. The highest BCUT2D eigenvalue weighted by molar-refractivity contribution is 5.05. The molecule has 0 N–H and O–H groups in total. The second-order valence-corrected chi connectivity index (χ2v) is 7.75. The molecule has 138 valence electrons. The van der Waals surface area contributed by atoms with Gasteiger partial charge in [0.2, 0.25) is 0 Å². The van der Waals surface area contributed by atoms with Gasteiger partial charge in [-0.2, -0.15) is 0 Å². The van der Waals surface area contributed by atoms with Crippen molar-refractivity contribution in [2.24, 2.45) is 0 Å². The third-order valence-electron chi connectivity index (χ3n) is 5.05. The minimum atomic E-state index is 0.566. The van der Waals surface area contributed by atoms with Gasteiger partial charge in [0.05, 0.1) is 0 Å². The molecule has 1 nitrogen and oxygen atoms in total. The van der Waals surface area contributed by atoms with Gasteiger partial charge in [-0.25, -0.2) is 4.57 Å². The van der Waals surface area contributed by atoms with E-state index in [0.29, 0.717) is 6.04 Å². The van der Waals surface area contributed by atoms with E-state index in [-0.39, 0.29) is 0 Å². The van der Waals surface area contributed by atoms with Crippen molar-refractivity contribution in [2.45, 2.75) is 117 Å². The van der Waals surface area contributed by atoms with Crippen molar-refractivity contribution < 1.29 is 4.57 Å². The molecule has 0 aliphatic carbocycles. The van der Waals surface area contributed by atoms with Crippen LogP contribution in [0.25, 0.3) is 0 Å². The number of hydrogen-bond donors (Lipinski definition) is 0. The summed E-state index contributed by atoms with van der Waals surface area (Å²) in [5, 5.41) is 0. The van der Waals surface area contributed by atoms with Crippen molar-refractivity contribution in [2.75, 3.05) is 0 Å². The van der Waals surface area contributed by atoms with Gasteiger partial charge < -0.3 is 0 Å². The lowest BCUT2D eigenvalue weighted by Gasteiger charge is -2.04. The predicted octanol–water partition coefficient (Wildman–Crippen LogP) is 7.19. The molecule has 24 heavy (non-hydrogen) atoms. The molecule has 0 saturated heterocycles. The van der Waals surface area contributed by atoms with Gasteiger partial charge in [0.1, 0.15) is 0 Å². The average Bonchev–Trinajstić information content (AvgIpc) is 2.59. The number of hydrogen-bond acceptors (Lipinski definition) is 0. The quantitative estimate of drug-likeness (QED) is 0.236. The minimum Gasteiger partial charge on any atom is -0.203 e. The molecule has 0 bridgehead atoms. The van der Waals surface area contributed by atoms with Crippen molar-refractivity contribution in [1.29, 1.82) is 0 Å². The Kier molecular flexibility index (Phi) is 12.8. The van der Waals surface area contributed by atoms with Crippen LogP contribution < -0.4 is 4.57 Å². The van der Waals surface area contributed by atoms with Crippen LogP contribution in [0.15, 0.2) is 24.5 Å². The Hall–Kier alpha value is -0.850. The largest absolute Gasteiger partial charge is 0.203 e. The summed E-state index contributed by atoms with van der Waals surface area (Å²) in [6, 6.07) is 5.04. The molecule has 0 aliphatic rings. The van der Waals surface area contributed by atoms with Gasteiger partial charge in [-0.3, -0.25) is 0 Å². The van der Waals surface area contributed by atoms with E-state index in [9.17, 15) is 0 Å². The van der Waals surface area contributed by atoms with Gasteiger partial charge in [0, 0.05) is 11.6 Å². The second kappa shape index (κ2) is 14.5. The standard InChI is InChI=1S/C23H42N/c1-4-5-6-7-8-9-10-11-12-13-14-15-16-18-23-19-17-20-24(21-23)22(2)3/h17,19-22H,4-16,18H2,1-3H3/q+1. The maximum atomic E-state index is 2.32. The van der Waals surface area contributed by atoms with Gasteiger partial charge in [-0.05, 0) is 32.8 Å². The molecule has 0 unspecified atom stereocenters. The maximum Gasteiger partial charge on any atom is 0.172 e. The van der Waals surface area contributed by atoms with Crippen molar-refractivity contribution in [3.63, 3.8) is 0 Å². The molecule has 0 radical (unpaired) electrons. The summed E-state index contributed by atoms with van der Waals surface area (Å²) in [5.74, 6) is 0. The summed E-state index contributed by atoms with van der Waals surface area (Å²) >= 11 is 0. The molecular weight excluding hydrogens is 290 g/mol. The second-order valence-electron chi connectivity index (χ2n) is 7.75. The van der Waals surface area contributed by atoms with Crippen LogP contribution in [0.3, 0.4) is 0 Å².